The van der Waals surface area contributed by atoms with Crippen LogP contribution in [0.25, 0.3) is 0 Å². The fraction of sp³-hybridized carbons (Fsp3) is 0.889. The van der Waals surface area contributed by atoms with Gasteiger partial charge in [-0.2, -0.15) is 8.42 Å². The van der Waals surface area contributed by atoms with E-state index in [2.05, 4.69) is 35.5 Å². The lowest BCUT2D eigenvalue weighted by Crippen LogP contribution is -2.61. The Kier molecular flexibility index (Phi) is 34.0. The van der Waals surface area contributed by atoms with Gasteiger partial charge in [-0.1, -0.05) is 192 Å². The van der Waals surface area contributed by atoms with Crippen LogP contribution in [0.5, 0.6) is 0 Å². The van der Waals surface area contributed by atoms with Crippen LogP contribution in [-0.4, -0.2) is 107 Å². The van der Waals surface area contributed by atoms with Crippen LogP contribution in [0.3, 0.4) is 0 Å². The maximum Gasteiger partial charge on any atom is 0.397 e. The van der Waals surface area contributed by atoms with Crippen molar-refractivity contribution in [3.8, 4) is 0 Å². The quantitative estimate of drug-likeness (QED) is 0.0179. The molecule has 0 spiro atoms. The first-order chi connectivity index (χ1) is 28.4. The van der Waals surface area contributed by atoms with Gasteiger partial charge in [0.25, 0.3) is 0 Å². The Labute approximate surface area is 357 Å². The largest absolute Gasteiger partial charge is 0.397 e. The predicted octanol–water partition coefficient (Wildman–Crippen LogP) is 7.91. The van der Waals surface area contributed by atoms with E-state index in [0.717, 1.165) is 44.9 Å². The summed E-state index contributed by atoms with van der Waals surface area (Å²) in [5, 5.41) is 54.9. The zero-order valence-electron chi connectivity index (χ0n) is 36.7. The minimum Gasteiger partial charge on any atom is -0.394 e. The van der Waals surface area contributed by atoms with Crippen molar-refractivity contribution in [1.82, 2.24) is 5.32 Å². The summed E-state index contributed by atoms with van der Waals surface area (Å²) in [4.78, 5) is 13.1. The summed E-state index contributed by atoms with van der Waals surface area (Å²) in [5.41, 5.74) is 0. The van der Waals surface area contributed by atoms with E-state index < -0.39 is 78.5 Å². The van der Waals surface area contributed by atoms with E-state index in [9.17, 15) is 38.7 Å². The van der Waals surface area contributed by atoms with E-state index in [4.69, 9.17) is 14.0 Å². The highest BCUT2D eigenvalue weighted by atomic mass is 32.3. The van der Waals surface area contributed by atoms with Gasteiger partial charge in [0.2, 0.25) is 5.91 Å². The van der Waals surface area contributed by atoms with Crippen LogP contribution >= 0.6 is 0 Å². The van der Waals surface area contributed by atoms with E-state index >= 15 is 0 Å². The first-order valence-corrected chi connectivity index (χ1v) is 24.7. The zero-order valence-corrected chi connectivity index (χ0v) is 37.5. The topological polar surface area (TPSA) is 212 Å². The van der Waals surface area contributed by atoms with Gasteiger partial charge in [-0.25, -0.2) is 4.18 Å². The molecule has 0 aliphatic carbocycles. The average molecular weight is 864 g/mol. The lowest BCUT2D eigenvalue weighted by molar-refractivity contribution is -0.298. The Balaban J connectivity index is 2.42. The number of aliphatic hydroxyl groups excluding tert-OH is 5. The summed E-state index contributed by atoms with van der Waals surface area (Å²) in [6, 6.07) is -1.13. The molecule has 1 aliphatic heterocycles. The Morgan fingerprint density at radius 1 is 0.678 bits per heavy atom. The second kappa shape index (κ2) is 36.1. The van der Waals surface area contributed by atoms with E-state index in [1.54, 1.807) is 6.08 Å². The first-order valence-electron chi connectivity index (χ1n) is 23.3. The Morgan fingerprint density at radius 2 is 1.14 bits per heavy atom. The number of hydrogen-bond donors (Lipinski definition) is 7. The summed E-state index contributed by atoms with van der Waals surface area (Å²) >= 11 is 0. The lowest BCUT2D eigenvalue weighted by atomic mass is 9.99. The number of rotatable bonds is 39. The molecule has 7 N–H and O–H groups in total. The number of nitrogens with one attached hydrogen (secondary N) is 1. The molecule has 0 aromatic heterocycles. The highest BCUT2D eigenvalue weighted by Gasteiger charge is 2.48. The molecule has 14 heteroatoms. The van der Waals surface area contributed by atoms with Gasteiger partial charge in [-0.05, 0) is 25.7 Å². The third-order valence-corrected chi connectivity index (χ3v) is 11.6. The minimum absolute atomic E-state index is 0.240. The second-order valence-electron chi connectivity index (χ2n) is 16.5. The van der Waals surface area contributed by atoms with Crippen molar-refractivity contribution < 1.29 is 57.0 Å². The molecule has 0 radical (unpaired) electrons. The average Bonchev–Trinajstić information content (AvgIpc) is 3.20. The maximum absolute atomic E-state index is 13.1. The molecule has 8 atom stereocenters. The third kappa shape index (κ3) is 28.7. The van der Waals surface area contributed by atoms with E-state index in [1.807, 2.05) is 0 Å². The van der Waals surface area contributed by atoms with Gasteiger partial charge in [-0.15, -0.1) is 0 Å². The Morgan fingerprint density at radius 3 is 1.61 bits per heavy atom. The monoisotopic (exact) mass is 864 g/mol. The maximum atomic E-state index is 13.1. The number of unbranched alkanes of at least 4 members (excludes halogenated alkanes) is 24. The first kappa shape index (κ1) is 55.6. The number of ether oxygens (including phenoxy) is 2. The normalized spacial score (nSPS) is 21.7. The third-order valence-electron chi connectivity index (χ3n) is 11.1. The van der Waals surface area contributed by atoms with Gasteiger partial charge in [0.05, 0.1) is 25.4 Å². The van der Waals surface area contributed by atoms with Gasteiger partial charge < -0.3 is 40.3 Å². The highest BCUT2D eigenvalue weighted by Crippen LogP contribution is 2.26. The van der Waals surface area contributed by atoms with Crippen molar-refractivity contribution >= 4 is 16.3 Å². The highest BCUT2D eigenvalue weighted by molar-refractivity contribution is 7.80. The van der Waals surface area contributed by atoms with Gasteiger partial charge in [0, 0.05) is 0 Å². The van der Waals surface area contributed by atoms with Crippen LogP contribution in [0.4, 0.5) is 0 Å². The molecular formula is C45H85NO12S. The van der Waals surface area contributed by atoms with Gasteiger partial charge in [-0.3, -0.25) is 9.35 Å². The second-order valence-corrected chi connectivity index (χ2v) is 17.5. The number of carbonyl (C=O) groups excluding carboxylic acids is 1. The molecule has 1 aliphatic rings. The molecule has 1 heterocycles. The summed E-state index contributed by atoms with van der Waals surface area (Å²) < 4.78 is 47.3. The summed E-state index contributed by atoms with van der Waals surface area (Å²) in [6.07, 6.45) is 28.8. The van der Waals surface area contributed by atoms with Crippen LogP contribution in [0, 0.1) is 0 Å². The number of aliphatic hydroxyl groups is 5. The number of carbonyl (C=O) groups is 1. The van der Waals surface area contributed by atoms with Gasteiger partial charge in [0.1, 0.15) is 30.5 Å². The molecule has 1 amide bonds. The van der Waals surface area contributed by atoms with Crippen molar-refractivity contribution in [2.75, 3.05) is 13.2 Å². The van der Waals surface area contributed by atoms with Crippen LogP contribution in [0.2, 0.25) is 0 Å². The number of allylic oxidation sites excluding steroid dienone is 3. The molecule has 1 rings (SSSR count). The van der Waals surface area contributed by atoms with Crippen LogP contribution in [-0.2, 0) is 28.9 Å². The van der Waals surface area contributed by atoms with Crippen LogP contribution in [0.1, 0.15) is 194 Å². The van der Waals surface area contributed by atoms with Gasteiger partial charge in [0.15, 0.2) is 6.29 Å². The molecule has 13 nitrogen and oxygen atoms in total. The fourth-order valence-electron chi connectivity index (χ4n) is 7.35. The molecule has 0 saturated carbocycles. The van der Waals surface area contributed by atoms with Crippen molar-refractivity contribution in [2.24, 2.45) is 0 Å². The number of hydrogen-bond acceptors (Lipinski definition) is 11. The fourth-order valence-corrected chi connectivity index (χ4v) is 7.85. The Hall–Kier alpha value is -1.46. The van der Waals surface area contributed by atoms with Crippen molar-refractivity contribution in [1.29, 1.82) is 0 Å². The molecule has 8 unspecified atom stereocenters. The molecule has 0 aromatic carbocycles. The summed E-state index contributed by atoms with van der Waals surface area (Å²) in [6.45, 7) is 3.12. The van der Waals surface area contributed by atoms with Crippen LogP contribution < -0.4 is 5.32 Å². The SMILES string of the molecule is CCCC/C=C/CC/C=C/C(O)C(COC1OC(CO)C(O)C(OS(=O)(=O)O)C1O)NC(=O)C(O)CCCCCCCCCCCCCCCCCCCCCCCC. The zero-order chi connectivity index (χ0) is 43.6. The van der Waals surface area contributed by atoms with E-state index in [1.165, 1.54) is 122 Å². The number of amides is 1. The smallest absolute Gasteiger partial charge is 0.394 e. The molecule has 0 aromatic rings. The molecule has 59 heavy (non-hydrogen) atoms. The summed E-state index contributed by atoms with van der Waals surface area (Å²) in [7, 11) is -5.12. The lowest BCUT2D eigenvalue weighted by Gasteiger charge is -2.41. The minimum atomic E-state index is -5.12. The molecular weight excluding hydrogens is 779 g/mol. The van der Waals surface area contributed by atoms with Crippen molar-refractivity contribution in [3.05, 3.63) is 24.3 Å². The van der Waals surface area contributed by atoms with Crippen molar-refractivity contribution in [2.45, 2.75) is 243 Å². The van der Waals surface area contributed by atoms with E-state index in [0.29, 0.717) is 12.8 Å². The molecule has 348 valence electrons. The van der Waals surface area contributed by atoms with Crippen LogP contribution in [0.15, 0.2) is 24.3 Å². The predicted molar refractivity (Wildman–Crippen MR) is 233 cm³/mol. The Bertz CT molecular complexity index is 1170. The van der Waals surface area contributed by atoms with E-state index in [-0.39, 0.29) is 6.42 Å². The molecule has 1 fully saturated rings. The summed E-state index contributed by atoms with van der Waals surface area (Å²) in [5.74, 6) is -0.713. The van der Waals surface area contributed by atoms with Gasteiger partial charge >= 0.3 is 10.4 Å². The van der Waals surface area contributed by atoms with Crippen molar-refractivity contribution in [3.63, 3.8) is 0 Å². The standard InChI is InChI=1S/C45H85NO12S/c1-3-5-7-9-11-13-14-15-16-17-18-19-20-21-22-23-24-25-26-28-30-32-34-39(49)44(52)46-37(38(48)33-31-29-27-12-10-8-6-4-2)36-56-45-42(51)43(58-59(53,54)55)41(50)40(35-47)57-45/h10,12,31,33,37-43,45,47-51H,3-9,11,13-30,32,34-36H2,1-2H3,(H,46,52)(H,53,54,55)/b12-10+,33-31+. The molecule has 0 bridgehead atoms. The molecule has 1 saturated heterocycles.